The SMILES string of the molecule is CCOC(=O)C(/C=C/C=C/c1ccccc1)=N/S(=O)(=O)c1c(C(C)C)cc(C(C)C)cc1C(C)C. The summed E-state index contributed by atoms with van der Waals surface area (Å²) >= 11 is 0. The minimum Gasteiger partial charge on any atom is -0.461 e. The maximum Gasteiger partial charge on any atom is 0.357 e. The highest BCUT2D eigenvalue weighted by Crippen LogP contribution is 2.36. The standard InChI is InChI=1S/C29H37NO4S/c1-8-34-29(31)27(17-13-12-16-23-14-10-9-11-15-23)30-35(32,33)28-25(21(4)5)18-24(20(2)3)19-26(28)22(6)7/h9-22H,8H2,1-7H3/b16-12+,17-13+,30-27+. The molecule has 2 aromatic rings. The predicted octanol–water partition coefficient (Wildman–Crippen LogP) is 7.02. The zero-order valence-corrected chi connectivity index (χ0v) is 22.6. The Labute approximate surface area is 210 Å². The summed E-state index contributed by atoms with van der Waals surface area (Å²) in [7, 11) is -4.19. The Morgan fingerprint density at radius 3 is 1.97 bits per heavy atom. The van der Waals surface area contributed by atoms with Crippen LogP contribution in [0.5, 0.6) is 0 Å². The van der Waals surface area contributed by atoms with E-state index >= 15 is 0 Å². The van der Waals surface area contributed by atoms with Crippen LogP contribution in [0.1, 0.15) is 88.5 Å². The summed E-state index contributed by atoms with van der Waals surface area (Å²) in [5, 5.41) is 0. The van der Waals surface area contributed by atoms with Crippen LogP contribution >= 0.6 is 0 Å². The van der Waals surface area contributed by atoms with Gasteiger partial charge in [-0.2, -0.15) is 12.8 Å². The molecular weight excluding hydrogens is 458 g/mol. The molecule has 0 heterocycles. The molecule has 0 aliphatic heterocycles. The largest absolute Gasteiger partial charge is 0.461 e. The summed E-state index contributed by atoms with van der Waals surface area (Å²) in [6, 6.07) is 13.6. The second kappa shape index (κ2) is 12.6. The Bertz CT molecular complexity index is 1180. The van der Waals surface area contributed by atoms with E-state index in [4.69, 9.17) is 4.74 Å². The van der Waals surface area contributed by atoms with Gasteiger partial charge in [-0.1, -0.05) is 102 Å². The van der Waals surface area contributed by atoms with Gasteiger partial charge in [0.2, 0.25) is 0 Å². The molecule has 0 radical (unpaired) electrons. The second-order valence-electron chi connectivity index (χ2n) is 9.29. The number of hydrogen-bond acceptors (Lipinski definition) is 4. The fraction of sp³-hybridized carbons (Fsp3) is 0.379. The van der Waals surface area contributed by atoms with Gasteiger partial charge in [0.05, 0.1) is 11.5 Å². The van der Waals surface area contributed by atoms with Gasteiger partial charge in [0.15, 0.2) is 5.71 Å². The van der Waals surface area contributed by atoms with Gasteiger partial charge in [0.1, 0.15) is 0 Å². The summed E-state index contributed by atoms with van der Waals surface area (Å²) in [5.41, 5.74) is 3.21. The monoisotopic (exact) mass is 495 g/mol. The average Bonchev–Trinajstić information content (AvgIpc) is 2.80. The zero-order chi connectivity index (χ0) is 26.2. The van der Waals surface area contributed by atoms with Crippen LogP contribution in [0.3, 0.4) is 0 Å². The molecule has 0 unspecified atom stereocenters. The van der Waals surface area contributed by atoms with Gasteiger partial charge in [0, 0.05) is 0 Å². The molecule has 0 bridgehead atoms. The number of carbonyl (C=O) groups is 1. The van der Waals surface area contributed by atoms with Crippen molar-refractivity contribution in [2.24, 2.45) is 4.40 Å². The highest BCUT2D eigenvalue weighted by Gasteiger charge is 2.28. The first-order valence-electron chi connectivity index (χ1n) is 12.1. The van der Waals surface area contributed by atoms with E-state index in [2.05, 4.69) is 18.2 Å². The quantitative estimate of drug-likeness (QED) is 0.202. The number of nitrogens with zero attached hydrogens (tertiary/aromatic N) is 1. The lowest BCUT2D eigenvalue weighted by Crippen LogP contribution is -2.19. The molecule has 0 aliphatic rings. The minimum absolute atomic E-state index is 0.0402. The smallest absolute Gasteiger partial charge is 0.357 e. The van der Waals surface area contributed by atoms with Crippen molar-refractivity contribution in [3.63, 3.8) is 0 Å². The van der Waals surface area contributed by atoms with Crippen LogP contribution in [-0.2, 0) is 19.6 Å². The van der Waals surface area contributed by atoms with Crippen molar-refractivity contribution >= 4 is 27.8 Å². The third kappa shape index (κ3) is 7.76. The highest BCUT2D eigenvalue weighted by atomic mass is 32.2. The number of carbonyl (C=O) groups excluding carboxylic acids is 1. The van der Waals surface area contributed by atoms with Crippen LogP contribution in [0, 0.1) is 0 Å². The van der Waals surface area contributed by atoms with Crippen molar-refractivity contribution in [2.45, 2.75) is 71.1 Å². The van der Waals surface area contributed by atoms with E-state index in [1.165, 1.54) is 6.08 Å². The first kappa shape index (κ1) is 28.2. The van der Waals surface area contributed by atoms with Crippen LogP contribution < -0.4 is 0 Å². The number of allylic oxidation sites excluding steroid dienone is 2. The van der Waals surface area contributed by atoms with Crippen LogP contribution in [0.4, 0.5) is 0 Å². The summed E-state index contributed by atoms with van der Waals surface area (Å²) in [5.74, 6) is -0.612. The van der Waals surface area contributed by atoms with E-state index in [0.717, 1.165) is 11.1 Å². The van der Waals surface area contributed by atoms with Crippen LogP contribution in [0.25, 0.3) is 6.08 Å². The Hall–Kier alpha value is -2.99. The summed E-state index contributed by atoms with van der Waals surface area (Å²) in [6.07, 6.45) is 6.55. The predicted molar refractivity (Wildman–Crippen MR) is 145 cm³/mol. The van der Waals surface area contributed by atoms with Gasteiger partial charge < -0.3 is 4.74 Å². The van der Waals surface area contributed by atoms with Crippen LogP contribution in [0.15, 0.2) is 70.0 Å². The molecule has 0 saturated carbocycles. The van der Waals surface area contributed by atoms with Gasteiger partial charge >= 0.3 is 5.97 Å². The van der Waals surface area contributed by atoms with E-state index in [1.807, 2.05) is 76.2 Å². The van der Waals surface area contributed by atoms with Gasteiger partial charge in [0.25, 0.3) is 10.0 Å². The number of hydrogen-bond donors (Lipinski definition) is 0. The second-order valence-corrected chi connectivity index (χ2v) is 10.8. The van der Waals surface area contributed by atoms with Gasteiger partial charge in [-0.05, 0) is 53.0 Å². The van der Waals surface area contributed by atoms with Gasteiger partial charge in [-0.15, -0.1) is 0 Å². The van der Waals surface area contributed by atoms with Crippen molar-refractivity contribution in [1.29, 1.82) is 0 Å². The average molecular weight is 496 g/mol. The molecule has 6 heteroatoms. The first-order chi connectivity index (χ1) is 16.5. The van der Waals surface area contributed by atoms with E-state index in [0.29, 0.717) is 11.1 Å². The van der Waals surface area contributed by atoms with Crippen molar-refractivity contribution in [3.05, 3.63) is 82.9 Å². The summed E-state index contributed by atoms with van der Waals surface area (Å²) in [6.45, 7) is 13.8. The molecule has 5 nitrogen and oxygen atoms in total. The maximum atomic E-state index is 13.7. The Morgan fingerprint density at radius 1 is 0.914 bits per heavy atom. The van der Waals surface area contributed by atoms with Crippen molar-refractivity contribution < 1.29 is 17.9 Å². The van der Waals surface area contributed by atoms with Crippen molar-refractivity contribution in [1.82, 2.24) is 0 Å². The number of sulfonamides is 1. The number of rotatable bonds is 10. The van der Waals surface area contributed by atoms with E-state index < -0.39 is 16.0 Å². The van der Waals surface area contributed by atoms with E-state index in [9.17, 15) is 13.2 Å². The molecule has 2 rings (SSSR count). The maximum absolute atomic E-state index is 13.7. The van der Waals surface area contributed by atoms with Crippen LogP contribution in [-0.4, -0.2) is 26.7 Å². The third-order valence-corrected chi connectivity index (χ3v) is 6.92. The normalized spacial score (nSPS) is 13.0. The number of esters is 1. The molecule has 0 fully saturated rings. The van der Waals surface area contributed by atoms with Gasteiger partial charge in [-0.25, -0.2) is 4.79 Å². The fourth-order valence-electron chi connectivity index (χ4n) is 3.58. The summed E-state index contributed by atoms with van der Waals surface area (Å²) < 4.78 is 36.5. The molecule has 0 saturated heterocycles. The molecule has 0 amide bonds. The van der Waals surface area contributed by atoms with Crippen molar-refractivity contribution in [3.8, 4) is 0 Å². The lowest BCUT2D eigenvalue weighted by atomic mass is 9.89. The fourth-order valence-corrected chi connectivity index (χ4v) is 5.25. The number of ether oxygens (including phenoxy) is 1. The highest BCUT2D eigenvalue weighted by molar-refractivity contribution is 7.90. The van der Waals surface area contributed by atoms with Crippen molar-refractivity contribution in [2.75, 3.05) is 6.61 Å². The first-order valence-corrected chi connectivity index (χ1v) is 13.5. The molecule has 0 atom stereocenters. The third-order valence-electron chi connectivity index (χ3n) is 5.49. The Kier molecular flexibility index (Phi) is 10.2. The molecule has 2 aromatic carbocycles. The zero-order valence-electron chi connectivity index (χ0n) is 21.8. The minimum atomic E-state index is -4.19. The molecule has 188 valence electrons. The molecule has 0 spiro atoms. The molecule has 0 N–H and O–H groups in total. The molecule has 35 heavy (non-hydrogen) atoms. The Morgan fingerprint density at radius 2 is 1.49 bits per heavy atom. The summed E-state index contributed by atoms with van der Waals surface area (Å²) in [4.78, 5) is 12.8. The molecular formula is C29H37NO4S. The Balaban J connectivity index is 2.63. The molecule has 0 aliphatic carbocycles. The lowest BCUT2D eigenvalue weighted by Gasteiger charge is -2.21. The topological polar surface area (TPSA) is 72.8 Å². The van der Waals surface area contributed by atoms with Crippen LogP contribution in [0.2, 0.25) is 0 Å². The number of benzene rings is 2. The van der Waals surface area contributed by atoms with E-state index in [1.54, 1.807) is 19.1 Å². The molecule has 0 aromatic heterocycles. The van der Waals surface area contributed by atoms with Gasteiger partial charge in [-0.3, -0.25) is 0 Å². The lowest BCUT2D eigenvalue weighted by molar-refractivity contribution is -0.134. The van der Waals surface area contributed by atoms with E-state index in [-0.39, 0.29) is 35.0 Å².